The number of pyridine rings is 1. The van der Waals surface area contributed by atoms with Crippen LogP contribution in [0.2, 0.25) is 5.02 Å². The van der Waals surface area contributed by atoms with Gasteiger partial charge in [-0.15, -0.1) is 0 Å². The normalized spacial score (nSPS) is 23.3. The molecule has 0 unspecified atom stereocenters. The number of hydrogen-bond acceptors (Lipinski definition) is 3. The summed E-state index contributed by atoms with van der Waals surface area (Å²) >= 11 is 6.51. The van der Waals surface area contributed by atoms with Crippen LogP contribution in [0.4, 0.5) is 0 Å². The molecule has 0 saturated heterocycles. The first kappa shape index (κ1) is 19.0. The molecule has 5 heteroatoms. The number of methoxy groups -OCH3 is 1. The maximum atomic E-state index is 11.4. The molecule has 0 bridgehead atoms. The van der Waals surface area contributed by atoms with Crippen molar-refractivity contribution in [2.24, 2.45) is 5.92 Å². The lowest BCUT2D eigenvalue weighted by atomic mass is 9.75. The molecule has 2 fully saturated rings. The monoisotopic (exact) mass is 410 g/mol. The average Bonchev–Trinajstić information content (AvgIpc) is 3.49. The Morgan fingerprint density at radius 2 is 1.72 bits per heavy atom. The topological polar surface area (TPSA) is 46.8 Å². The fourth-order valence-corrected chi connectivity index (χ4v) is 5.34. The highest BCUT2D eigenvalue weighted by molar-refractivity contribution is 6.31. The highest BCUT2D eigenvalue weighted by atomic mass is 35.5. The Bertz CT molecular complexity index is 1020. The molecule has 1 N–H and O–H groups in total. The van der Waals surface area contributed by atoms with Crippen molar-refractivity contribution in [3.8, 4) is 5.75 Å². The van der Waals surface area contributed by atoms with Gasteiger partial charge in [0.15, 0.2) is 0 Å². The zero-order valence-corrected chi connectivity index (χ0v) is 17.5. The van der Waals surface area contributed by atoms with Gasteiger partial charge in [-0.25, -0.2) is 4.98 Å². The summed E-state index contributed by atoms with van der Waals surface area (Å²) < 4.78 is 7.38. The molecular formula is C24H27ClN2O2. The summed E-state index contributed by atoms with van der Waals surface area (Å²) in [7, 11) is 1.66. The second-order valence-corrected chi connectivity index (χ2v) is 8.99. The second kappa shape index (κ2) is 7.66. The third-order valence-corrected chi connectivity index (χ3v) is 7.15. The lowest BCUT2D eigenvalue weighted by Gasteiger charge is -2.33. The van der Waals surface area contributed by atoms with Gasteiger partial charge >= 0.3 is 0 Å². The van der Waals surface area contributed by atoms with E-state index in [1.165, 1.54) is 24.0 Å². The van der Waals surface area contributed by atoms with Crippen molar-refractivity contribution in [3.05, 3.63) is 64.7 Å². The van der Waals surface area contributed by atoms with Gasteiger partial charge in [0, 0.05) is 5.02 Å². The van der Waals surface area contributed by atoms with Gasteiger partial charge < -0.3 is 14.2 Å². The molecule has 2 aromatic heterocycles. The number of hydrogen-bond donors (Lipinski definition) is 1. The van der Waals surface area contributed by atoms with Crippen molar-refractivity contribution in [1.29, 1.82) is 0 Å². The van der Waals surface area contributed by atoms with E-state index in [-0.39, 0.29) is 5.92 Å². The zero-order chi connectivity index (χ0) is 20.0. The summed E-state index contributed by atoms with van der Waals surface area (Å²) in [6.45, 7) is 0. The third-order valence-electron chi connectivity index (χ3n) is 6.82. The Kier molecular flexibility index (Phi) is 5.00. The predicted molar refractivity (Wildman–Crippen MR) is 115 cm³/mol. The van der Waals surface area contributed by atoms with Crippen LogP contribution in [-0.4, -0.2) is 21.6 Å². The Morgan fingerprint density at radius 1 is 1.03 bits per heavy atom. The van der Waals surface area contributed by atoms with E-state index >= 15 is 0 Å². The summed E-state index contributed by atoms with van der Waals surface area (Å²) in [5.41, 5.74) is 4.63. The molecule has 2 aliphatic rings. The van der Waals surface area contributed by atoms with Crippen LogP contribution >= 0.6 is 11.6 Å². The largest absolute Gasteiger partial charge is 0.497 e. The van der Waals surface area contributed by atoms with Gasteiger partial charge in [0.05, 0.1) is 36.9 Å². The van der Waals surface area contributed by atoms with E-state index in [4.69, 9.17) is 16.3 Å². The maximum Gasteiger partial charge on any atom is 0.120 e. The zero-order valence-electron chi connectivity index (χ0n) is 16.7. The number of halogens is 1. The average molecular weight is 411 g/mol. The van der Waals surface area contributed by atoms with E-state index < -0.39 is 6.10 Å². The molecule has 4 nitrogen and oxygen atoms in total. The number of ether oxygens (including phenoxy) is 1. The van der Waals surface area contributed by atoms with Crippen molar-refractivity contribution in [1.82, 2.24) is 9.38 Å². The number of imidazole rings is 1. The van der Waals surface area contributed by atoms with Crippen molar-refractivity contribution >= 4 is 17.1 Å². The molecule has 152 valence electrons. The van der Waals surface area contributed by atoms with Gasteiger partial charge in [-0.05, 0) is 85.6 Å². The Balaban J connectivity index is 1.36. The maximum absolute atomic E-state index is 11.4. The van der Waals surface area contributed by atoms with Crippen LogP contribution < -0.4 is 4.74 Å². The molecule has 5 rings (SSSR count). The molecule has 1 aromatic carbocycles. The Labute approximate surface area is 176 Å². The fourth-order valence-electron chi connectivity index (χ4n) is 5.02. The van der Waals surface area contributed by atoms with Crippen molar-refractivity contribution in [3.63, 3.8) is 0 Å². The van der Waals surface area contributed by atoms with Gasteiger partial charge in [0.2, 0.25) is 0 Å². The van der Waals surface area contributed by atoms with Gasteiger partial charge in [0.25, 0.3) is 0 Å². The highest BCUT2D eigenvalue weighted by Crippen LogP contribution is 2.47. The standard InChI is InChI=1S/C24H27ClN2O2/c1-29-19-9-11-20(22(25)12-19)15-4-6-17(7-5-15)24(28)23-21(16-2-3-16)10-8-18-13-26-14-27(18)23/h8-17,24,28H,2-7H2,1H3/t15-,17-,24-/m1/s1. The first-order chi connectivity index (χ1) is 14.2. The highest BCUT2D eigenvalue weighted by Gasteiger charge is 2.34. The lowest BCUT2D eigenvalue weighted by Crippen LogP contribution is -2.22. The molecule has 2 aliphatic carbocycles. The molecule has 0 radical (unpaired) electrons. The van der Waals surface area contributed by atoms with Gasteiger partial charge in [0.1, 0.15) is 5.75 Å². The van der Waals surface area contributed by atoms with Crippen LogP contribution in [0.1, 0.15) is 73.3 Å². The van der Waals surface area contributed by atoms with Gasteiger partial charge in [-0.2, -0.15) is 0 Å². The SMILES string of the molecule is COc1ccc([C@H]2CC[C@H]([C@@H](O)c3c(C4CC4)ccc4cncn34)CC2)c(Cl)c1. The third kappa shape index (κ3) is 3.53. The number of fused-ring (bicyclic) bond motifs is 1. The number of aliphatic hydroxyl groups is 1. The summed E-state index contributed by atoms with van der Waals surface area (Å²) in [6, 6.07) is 10.3. The molecule has 0 amide bonds. The summed E-state index contributed by atoms with van der Waals surface area (Å²) in [5, 5.41) is 12.2. The van der Waals surface area contributed by atoms with Crippen LogP contribution in [0.15, 0.2) is 42.9 Å². The number of benzene rings is 1. The number of nitrogens with zero attached hydrogens (tertiary/aromatic N) is 2. The summed E-state index contributed by atoms with van der Waals surface area (Å²) in [6.07, 6.45) is 9.82. The van der Waals surface area contributed by atoms with Gasteiger partial charge in [-0.1, -0.05) is 23.7 Å². The van der Waals surface area contributed by atoms with E-state index in [1.807, 2.05) is 24.7 Å². The first-order valence-electron chi connectivity index (χ1n) is 10.6. The van der Waals surface area contributed by atoms with Crippen LogP contribution in [0.3, 0.4) is 0 Å². The molecule has 2 saturated carbocycles. The number of aromatic nitrogens is 2. The molecule has 29 heavy (non-hydrogen) atoms. The minimum absolute atomic E-state index is 0.272. The first-order valence-corrected chi connectivity index (χ1v) is 11.0. The van der Waals surface area contributed by atoms with Crippen LogP contribution in [0, 0.1) is 5.92 Å². The van der Waals surface area contributed by atoms with Crippen LogP contribution in [-0.2, 0) is 0 Å². The van der Waals surface area contributed by atoms with E-state index in [0.29, 0.717) is 11.8 Å². The van der Waals surface area contributed by atoms with Crippen molar-refractivity contribution in [2.75, 3.05) is 7.11 Å². The fraction of sp³-hybridized carbons (Fsp3) is 0.458. The van der Waals surface area contributed by atoms with E-state index in [9.17, 15) is 5.11 Å². The van der Waals surface area contributed by atoms with E-state index in [0.717, 1.165) is 47.7 Å². The van der Waals surface area contributed by atoms with Crippen molar-refractivity contribution < 1.29 is 9.84 Å². The molecular weight excluding hydrogens is 384 g/mol. The summed E-state index contributed by atoms with van der Waals surface area (Å²) in [5.74, 6) is 2.11. The second-order valence-electron chi connectivity index (χ2n) is 8.58. The molecule has 1 atom stereocenters. The molecule has 0 aliphatic heterocycles. The van der Waals surface area contributed by atoms with Crippen molar-refractivity contribution in [2.45, 2.75) is 56.5 Å². The van der Waals surface area contributed by atoms with Gasteiger partial charge in [-0.3, -0.25) is 0 Å². The molecule has 0 spiro atoms. The minimum Gasteiger partial charge on any atom is -0.497 e. The smallest absolute Gasteiger partial charge is 0.120 e. The number of rotatable bonds is 5. The Morgan fingerprint density at radius 3 is 2.41 bits per heavy atom. The van der Waals surface area contributed by atoms with E-state index in [2.05, 4.69) is 27.6 Å². The van der Waals surface area contributed by atoms with E-state index in [1.54, 1.807) is 7.11 Å². The quantitative estimate of drug-likeness (QED) is 0.571. The minimum atomic E-state index is -0.448. The Hall–Kier alpha value is -2.04. The van der Waals surface area contributed by atoms with Crippen LogP contribution in [0.5, 0.6) is 5.75 Å². The molecule has 2 heterocycles. The number of aliphatic hydroxyl groups excluding tert-OH is 1. The lowest BCUT2D eigenvalue weighted by molar-refractivity contribution is 0.0754. The predicted octanol–water partition coefficient (Wildman–Crippen LogP) is 5.88. The summed E-state index contributed by atoms with van der Waals surface area (Å²) in [4.78, 5) is 4.31. The molecule has 3 aromatic rings. The van der Waals surface area contributed by atoms with Crippen LogP contribution in [0.25, 0.3) is 5.52 Å².